The van der Waals surface area contributed by atoms with Gasteiger partial charge < -0.3 is 4.90 Å². The number of aryl methyl sites for hydroxylation is 1. The fourth-order valence-corrected chi connectivity index (χ4v) is 1.57. The molecule has 0 aliphatic carbocycles. The van der Waals surface area contributed by atoms with Crippen LogP contribution in [-0.2, 0) is 0 Å². The van der Waals surface area contributed by atoms with Gasteiger partial charge in [0, 0.05) is 17.1 Å². The number of amides is 1. The van der Waals surface area contributed by atoms with Crippen molar-refractivity contribution in [1.29, 1.82) is 5.26 Å². The van der Waals surface area contributed by atoms with E-state index in [9.17, 15) is 4.79 Å². The zero-order chi connectivity index (χ0) is 12.3. The number of hydrogen-bond donors (Lipinski definition) is 0. The summed E-state index contributed by atoms with van der Waals surface area (Å²) in [6.45, 7) is 3.65. The molecule has 1 amide bonds. The van der Waals surface area contributed by atoms with Crippen LogP contribution < -0.4 is 0 Å². The summed E-state index contributed by atoms with van der Waals surface area (Å²) in [5, 5.41) is 8.75. The molecule has 0 saturated carbocycles. The predicted molar refractivity (Wildman–Crippen MR) is 66.0 cm³/mol. The van der Waals surface area contributed by atoms with E-state index in [0.29, 0.717) is 5.56 Å². The van der Waals surface area contributed by atoms with E-state index in [1.807, 2.05) is 19.1 Å². The molecule has 0 heterocycles. The van der Waals surface area contributed by atoms with Crippen LogP contribution >= 0.6 is 15.9 Å². The molecule has 0 N–H and O–H groups in total. The van der Waals surface area contributed by atoms with Crippen LogP contribution in [0.1, 0.15) is 22.8 Å². The summed E-state index contributed by atoms with van der Waals surface area (Å²) in [6, 6.07) is 7.03. The van der Waals surface area contributed by atoms with Crippen molar-refractivity contribution in [2.24, 2.45) is 0 Å². The Kier molecular flexibility index (Phi) is 4.08. The smallest absolute Gasteiger partial charge is 0.254 e. The minimum Gasteiger partial charge on any atom is -0.326 e. The minimum absolute atomic E-state index is 0.144. The summed E-state index contributed by atoms with van der Waals surface area (Å²) >= 11 is 3.38. The monoisotopic (exact) mass is 280 g/mol. The first kappa shape index (κ1) is 12.7. The molecule has 0 fully saturated rings. The predicted octanol–water partition coefficient (Wildman–Crippen LogP) is 2.74. The fraction of sp³-hybridized carbons (Fsp3) is 0.333. The molecule has 0 aliphatic heterocycles. The molecule has 16 heavy (non-hydrogen) atoms. The number of nitrogens with zero attached hydrogens (tertiary/aromatic N) is 2. The van der Waals surface area contributed by atoms with Gasteiger partial charge in [-0.2, -0.15) is 5.26 Å². The SMILES string of the molecule is Cc1ccc(C(=O)N(C)C(C)C#N)cc1Br. The Morgan fingerprint density at radius 3 is 2.69 bits per heavy atom. The zero-order valence-corrected chi connectivity index (χ0v) is 11.1. The van der Waals surface area contributed by atoms with Crippen LogP contribution in [0.3, 0.4) is 0 Å². The molecule has 0 spiro atoms. The minimum atomic E-state index is -0.424. The average Bonchev–Trinajstić information content (AvgIpc) is 2.29. The van der Waals surface area contributed by atoms with Gasteiger partial charge in [0.2, 0.25) is 0 Å². The molecule has 0 aliphatic rings. The van der Waals surface area contributed by atoms with Crippen LogP contribution in [0.15, 0.2) is 22.7 Å². The van der Waals surface area contributed by atoms with Gasteiger partial charge in [0.15, 0.2) is 0 Å². The molecule has 1 atom stereocenters. The molecular weight excluding hydrogens is 268 g/mol. The third kappa shape index (κ3) is 2.61. The molecule has 1 aromatic rings. The Morgan fingerprint density at radius 2 is 2.19 bits per heavy atom. The Labute approximate surface area is 104 Å². The summed E-state index contributed by atoms with van der Waals surface area (Å²) in [5.74, 6) is -0.144. The lowest BCUT2D eigenvalue weighted by atomic mass is 10.1. The lowest BCUT2D eigenvalue weighted by Gasteiger charge is -2.19. The van der Waals surface area contributed by atoms with E-state index in [1.54, 1.807) is 26.1 Å². The van der Waals surface area contributed by atoms with Crippen LogP contribution in [-0.4, -0.2) is 23.9 Å². The van der Waals surface area contributed by atoms with E-state index in [-0.39, 0.29) is 5.91 Å². The summed E-state index contributed by atoms with van der Waals surface area (Å²) in [7, 11) is 1.63. The van der Waals surface area contributed by atoms with Crippen molar-refractivity contribution in [3.63, 3.8) is 0 Å². The van der Waals surface area contributed by atoms with Gasteiger partial charge in [0.25, 0.3) is 5.91 Å². The van der Waals surface area contributed by atoms with E-state index in [1.165, 1.54) is 4.90 Å². The molecular formula is C12H13BrN2O. The van der Waals surface area contributed by atoms with Crippen molar-refractivity contribution in [2.75, 3.05) is 7.05 Å². The topological polar surface area (TPSA) is 44.1 Å². The molecule has 4 heteroatoms. The Hall–Kier alpha value is -1.34. The van der Waals surface area contributed by atoms with E-state index in [0.717, 1.165) is 10.0 Å². The fourth-order valence-electron chi connectivity index (χ4n) is 1.19. The Bertz CT molecular complexity index is 451. The van der Waals surface area contributed by atoms with Crippen LogP contribution in [0, 0.1) is 18.3 Å². The van der Waals surface area contributed by atoms with Crippen molar-refractivity contribution in [2.45, 2.75) is 19.9 Å². The molecule has 1 unspecified atom stereocenters. The third-order valence-electron chi connectivity index (χ3n) is 2.51. The van der Waals surface area contributed by atoms with Crippen LogP contribution in [0.5, 0.6) is 0 Å². The third-order valence-corrected chi connectivity index (χ3v) is 3.36. The maximum absolute atomic E-state index is 12.0. The molecule has 1 rings (SSSR count). The standard InChI is InChI=1S/C12H13BrN2O/c1-8-4-5-10(6-11(8)13)12(16)15(3)9(2)7-14/h4-6,9H,1-3H3. The van der Waals surface area contributed by atoms with Crippen molar-refractivity contribution in [1.82, 2.24) is 4.90 Å². The van der Waals surface area contributed by atoms with Gasteiger partial charge in [-0.05, 0) is 31.5 Å². The second kappa shape index (κ2) is 5.13. The molecule has 0 bridgehead atoms. The molecule has 0 saturated heterocycles. The lowest BCUT2D eigenvalue weighted by Crippen LogP contribution is -2.34. The summed E-state index contributed by atoms with van der Waals surface area (Å²) < 4.78 is 0.899. The lowest BCUT2D eigenvalue weighted by molar-refractivity contribution is 0.0773. The second-order valence-electron chi connectivity index (χ2n) is 3.69. The molecule has 84 valence electrons. The average molecular weight is 281 g/mol. The highest BCUT2D eigenvalue weighted by Crippen LogP contribution is 2.18. The zero-order valence-electron chi connectivity index (χ0n) is 9.49. The van der Waals surface area contributed by atoms with Crippen LogP contribution in [0.4, 0.5) is 0 Å². The number of benzene rings is 1. The van der Waals surface area contributed by atoms with Crippen molar-refractivity contribution >= 4 is 21.8 Å². The first-order valence-corrected chi connectivity index (χ1v) is 5.69. The maximum atomic E-state index is 12.0. The van der Waals surface area contributed by atoms with Gasteiger partial charge in [-0.25, -0.2) is 0 Å². The van der Waals surface area contributed by atoms with E-state index in [2.05, 4.69) is 15.9 Å². The quantitative estimate of drug-likeness (QED) is 0.836. The van der Waals surface area contributed by atoms with E-state index < -0.39 is 6.04 Å². The first-order valence-electron chi connectivity index (χ1n) is 4.90. The van der Waals surface area contributed by atoms with Gasteiger partial charge in [-0.15, -0.1) is 0 Å². The van der Waals surface area contributed by atoms with Crippen molar-refractivity contribution in [3.05, 3.63) is 33.8 Å². The first-order chi connectivity index (χ1) is 7.47. The van der Waals surface area contributed by atoms with Crippen LogP contribution in [0.2, 0.25) is 0 Å². The number of nitriles is 1. The number of carbonyl (C=O) groups excluding carboxylic acids is 1. The largest absolute Gasteiger partial charge is 0.326 e. The second-order valence-corrected chi connectivity index (χ2v) is 4.54. The summed E-state index contributed by atoms with van der Waals surface area (Å²) in [6.07, 6.45) is 0. The maximum Gasteiger partial charge on any atom is 0.254 e. The Morgan fingerprint density at radius 1 is 1.56 bits per heavy atom. The number of rotatable bonds is 2. The van der Waals surface area contributed by atoms with Gasteiger partial charge >= 0.3 is 0 Å². The highest BCUT2D eigenvalue weighted by Gasteiger charge is 2.17. The number of hydrogen-bond acceptors (Lipinski definition) is 2. The highest BCUT2D eigenvalue weighted by atomic mass is 79.9. The Balaban J connectivity index is 2.98. The molecule has 0 radical (unpaired) electrons. The molecule has 3 nitrogen and oxygen atoms in total. The van der Waals surface area contributed by atoms with E-state index in [4.69, 9.17) is 5.26 Å². The number of carbonyl (C=O) groups is 1. The summed E-state index contributed by atoms with van der Waals surface area (Å²) in [5.41, 5.74) is 1.66. The summed E-state index contributed by atoms with van der Waals surface area (Å²) in [4.78, 5) is 13.4. The van der Waals surface area contributed by atoms with Crippen LogP contribution in [0.25, 0.3) is 0 Å². The van der Waals surface area contributed by atoms with Crippen molar-refractivity contribution in [3.8, 4) is 6.07 Å². The highest BCUT2D eigenvalue weighted by molar-refractivity contribution is 9.10. The van der Waals surface area contributed by atoms with Gasteiger partial charge in [-0.1, -0.05) is 22.0 Å². The normalized spacial score (nSPS) is 11.7. The van der Waals surface area contributed by atoms with Gasteiger partial charge in [0.05, 0.1) is 6.07 Å². The number of halogens is 1. The van der Waals surface area contributed by atoms with Gasteiger partial charge in [-0.3, -0.25) is 4.79 Å². The van der Waals surface area contributed by atoms with E-state index >= 15 is 0 Å². The molecule has 1 aromatic carbocycles. The van der Waals surface area contributed by atoms with Crippen molar-refractivity contribution < 1.29 is 4.79 Å². The molecule has 0 aromatic heterocycles. The van der Waals surface area contributed by atoms with Gasteiger partial charge in [0.1, 0.15) is 6.04 Å².